The maximum atomic E-state index is 8.46. The van der Waals surface area contributed by atoms with E-state index in [1.165, 1.54) is 0 Å². The molecule has 0 saturated heterocycles. The molecule has 13 heavy (non-hydrogen) atoms. The summed E-state index contributed by atoms with van der Waals surface area (Å²) >= 11 is 6.91. The van der Waals surface area contributed by atoms with Crippen molar-refractivity contribution in [2.24, 2.45) is 0 Å². The van der Waals surface area contributed by atoms with Crippen LogP contribution in [0.5, 0.6) is 0 Å². The lowest BCUT2D eigenvalue weighted by molar-refractivity contribution is 0.482. The molecule has 0 spiro atoms. The number of thiocarbonyl (C=S) groups is 1. The minimum atomic E-state index is -0.833. The molecule has 0 aliphatic rings. The van der Waals surface area contributed by atoms with E-state index in [1.54, 1.807) is 11.8 Å². The van der Waals surface area contributed by atoms with Crippen molar-refractivity contribution >= 4 is 37.0 Å². The molecule has 0 aromatic heterocycles. The van der Waals surface area contributed by atoms with Gasteiger partial charge in [-0.1, -0.05) is 30.9 Å². The first-order valence-electron chi connectivity index (χ1n) is 4.06. The molecule has 1 N–H and O–H groups in total. The van der Waals surface area contributed by atoms with E-state index in [-0.39, 0.29) is 0 Å². The molecule has 6 heteroatoms. The summed E-state index contributed by atoms with van der Waals surface area (Å²) in [6.45, 7) is 8.45. The first-order valence-corrected chi connectivity index (χ1v) is 6.22. The largest absolute Gasteiger partial charge is 0.358 e. The number of hydrogen-bond acceptors (Lipinski definition) is 3. The van der Waals surface area contributed by atoms with Crippen LogP contribution in [0, 0.1) is 0 Å². The predicted octanol–water partition coefficient (Wildman–Crippen LogP) is 2.55. The Morgan fingerprint density at radius 1 is 1.46 bits per heavy atom. The van der Waals surface area contributed by atoms with Crippen molar-refractivity contribution < 1.29 is 9.46 Å². The van der Waals surface area contributed by atoms with Crippen LogP contribution >= 0.6 is 32.7 Å². The maximum absolute atomic E-state index is 8.46. The van der Waals surface area contributed by atoms with E-state index < -0.39 is 8.69 Å². The van der Waals surface area contributed by atoms with E-state index in [1.807, 2.05) is 0 Å². The van der Waals surface area contributed by atoms with Gasteiger partial charge in [-0.3, -0.25) is 0 Å². The third-order valence-electron chi connectivity index (χ3n) is 1.29. The summed E-state index contributed by atoms with van der Waals surface area (Å²) in [5.41, 5.74) is 0. The highest BCUT2D eigenvalue weighted by atomic mass is 32.2. The first-order chi connectivity index (χ1) is 6.17. The van der Waals surface area contributed by atoms with Crippen LogP contribution < -0.4 is 0 Å². The first kappa shape index (κ1) is 15.8. The quantitative estimate of drug-likeness (QED) is 0.607. The summed E-state index contributed by atoms with van der Waals surface area (Å²) in [6.07, 6.45) is 0. The second-order valence-corrected chi connectivity index (χ2v) is 4.01. The zero-order chi connectivity index (χ0) is 10.7. The number of nitrogens with zero attached hydrogens (tertiary/aromatic N) is 1. The van der Waals surface area contributed by atoms with Crippen molar-refractivity contribution in [3.63, 3.8) is 0 Å². The summed E-state index contributed by atoms with van der Waals surface area (Å²) in [5.74, 6) is 1.08. The summed E-state index contributed by atoms with van der Waals surface area (Å²) in [6, 6.07) is 0. The molecule has 3 nitrogen and oxygen atoms in total. The third-order valence-corrected chi connectivity index (χ3v) is 2.70. The van der Waals surface area contributed by atoms with Gasteiger partial charge in [0.25, 0.3) is 0 Å². The summed E-state index contributed by atoms with van der Waals surface area (Å²) in [4.78, 5) is 9.18. The Kier molecular flexibility index (Phi) is 14.9. The van der Waals surface area contributed by atoms with Crippen molar-refractivity contribution in [2.45, 2.75) is 20.8 Å². The van der Waals surface area contributed by atoms with E-state index in [4.69, 9.17) is 21.7 Å². The SMILES string of the molecule is CCSC(=S)N(CC)CC.O=PO. The van der Waals surface area contributed by atoms with E-state index in [9.17, 15) is 0 Å². The van der Waals surface area contributed by atoms with Gasteiger partial charge < -0.3 is 9.79 Å². The van der Waals surface area contributed by atoms with Crippen molar-refractivity contribution in [1.82, 2.24) is 4.90 Å². The second kappa shape index (κ2) is 12.3. The van der Waals surface area contributed by atoms with Crippen LogP contribution in [-0.4, -0.2) is 33.0 Å². The molecule has 78 valence electrons. The molecular weight excluding hydrogens is 225 g/mol. The lowest BCUT2D eigenvalue weighted by Crippen LogP contribution is -2.26. The van der Waals surface area contributed by atoms with Gasteiger partial charge >= 0.3 is 8.69 Å². The van der Waals surface area contributed by atoms with Gasteiger partial charge in [0.2, 0.25) is 0 Å². The maximum Gasteiger partial charge on any atom is 0.324 e. The smallest absolute Gasteiger partial charge is 0.324 e. The molecule has 0 heterocycles. The fraction of sp³-hybridized carbons (Fsp3) is 0.857. The van der Waals surface area contributed by atoms with Crippen LogP contribution in [-0.2, 0) is 4.57 Å². The topological polar surface area (TPSA) is 40.5 Å². The monoisotopic (exact) mass is 241 g/mol. The van der Waals surface area contributed by atoms with Gasteiger partial charge in [0.05, 0.1) is 0 Å². The predicted molar refractivity (Wildman–Crippen MR) is 63.5 cm³/mol. The average molecular weight is 241 g/mol. The Labute approximate surface area is 91.2 Å². The van der Waals surface area contributed by atoms with Gasteiger partial charge in [-0.15, -0.1) is 0 Å². The Balaban J connectivity index is 0. The van der Waals surface area contributed by atoms with Crippen LogP contribution in [0.1, 0.15) is 20.8 Å². The van der Waals surface area contributed by atoms with Crippen LogP contribution in [0.4, 0.5) is 0 Å². The fourth-order valence-electron chi connectivity index (χ4n) is 0.697. The minimum Gasteiger partial charge on any atom is -0.358 e. The lowest BCUT2D eigenvalue weighted by atomic mass is 10.6. The van der Waals surface area contributed by atoms with Crippen LogP contribution in [0.15, 0.2) is 0 Å². The summed E-state index contributed by atoms with van der Waals surface area (Å²) < 4.78 is 9.49. The average Bonchev–Trinajstić information content (AvgIpc) is 2.08. The zero-order valence-electron chi connectivity index (χ0n) is 8.19. The molecule has 0 unspecified atom stereocenters. The molecule has 0 aromatic rings. The molecule has 0 aliphatic heterocycles. The zero-order valence-corrected chi connectivity index (χ0v) is 10.7. The van der Waals surface area contributed by atoms with Gasteiger partial charge in [-0.2, -0.15) is 0 Å². The molecule has 0 rings (SSSR count). The molecule has 0 fully saturated rings. The summed E-state index contributed by atoms with van der Waals surface area (Å²) in [7, 11) is -0.833. The summed E-state index contributed by atoms with van der Waals surface area (Å²) in [5, 5.41) is 0. The van der Waals surface area contributed by atoms with Crippen LogP contribution in [0.2, 0.25) is 0 Å². The fourth-order valence-corrected chi connectivity index (χ4v) is 2.00. The highest BCUT2D eigenvalue weighted by Crippen LogP contribution is 2.07. The highest BCUT2D eigenvalue weighted by Gasteiger charge is 2.02. The van der Waals surface area contributed by atoms with Crippen molar-refractivity contribution in [3.05, 3.63) is 0 Å². The highest BCUT2D eigenvalue weighted by molar-refractivity contribution is 8.22. The molecule has 0 aliphatic carbocycles. The van der Waals surface area contributed by atoms with Gasteiger partial charge in [0.15, 0.2) is 0 Å². The van der Waals surface area contributed by atoms with E-state index in [0.29, 0.717) is 0 Å². The minimum absolute atomic E-state index is 0.833. The molecule has 0 bridgehead atoms. The standard InChI is InChI=1S/C7H15NS2.HO2P/c1-4-8(5-2)7(9)10-6-3;1-3-2/h4-6H2,1-3H3;(H,1,2). The molecule has 0 radical (unpaired) electrons. The van der Waals surface area contributed by atoms with Crippen molar-refractivity contribution in [1.29, 1.82) is 0 Å². The Bertz CT molecular complexity index is 142. The Hall–Kier alpha value is 0.300. The Morgan fingerprint density at radius 3 is 2.08 bits per heavy atom. The van der Waals surface area contributed by atoms with Gasteiger partial charge in [0.1, 0.15) is 4.32 Å². The van der Waals surface area contributed by atoms with E-state index in [2.05, 4.69) is 25.7 Å². The molecule has 0 amide bonds. The molecule has 0 atom stereocenters. The van der Waals surface area contributed by atoms with Crippen LogP contribution in [0.25, 0.3) is 0 Å². The lowest BCUT2D eigenvalue weighted by Gasteiger charge is -2.20. The van der Waals surface area contributed by atoms with Gasteiger partial charge in [0, 0.05) is 13.1 Å². The Morgan fingerprint density at radius 2 is 1.85 bits per heavy atom. The number of rotatable bonds is 3. The number of thioether (sulfide) groups is 1. The third kappa shape index (κ3) is 10.2. The normalized spacial score (nSPS) is 8.92. The van der Waals surface area contributed by atoms with E-state index >= 15 is 0 Å². The van der Waals surface area contributed by atoms with E-state index in [0.717, 1.165) is 23.2 Å². The van der Waals surface area contributed by atoms with Crippen LogP contribution in [0.3, 0.4) is 0 Å². The second-order valence-electron chi connectivity index (χ2n) is 1.95. The molecular formula is C7H16NO2PS2. The molecule has 0 saturated carbocycles. The number of hydrogen-bond donors (Lipinski definition) is 1. The molecule has 0 aromatic carbocycles. The van der Waals surface area contributed by atoms with Crippen molar-refractivity contribution in [2.75, 3.05) is 18.8 Å². The van der Waals surface area contributed by atoms with Gasteiger partial charge in [-0.05, 0) is 19.6 Å². The van der Waals surface area contributed by atoms with Crippen molar-refractivity contribution in [3.8, 4) is 0 Å². The van der Waals surface area contributed by atoms with Gasteiger partial charge in [-0.25, -0.2) is 4.57 Å².